The van der Waals surface area contributed by atoms with Gasteiger partial charge in [0, 0.05) is 0 Å². The summed E-state index contributed by atoms with van der Waals surface area (Å²) in [5.41, 5.74) is 1.63. The Balaban J connectivity index is 1.87. The van der Waals surface area contributed by atoms with E-state index in [0.717, 1.165) is 11.1 Å². The van der Waals surface area contributed by atoms with Gasteiger partial charge in [0.05, 0.1) is 17.0 Å². The van der Waals surface area contributed by atoms with Crippen LogP contribution in [0.3, 0.4) is 0 Å². The van der Waals surface area contributed by atoms with Crippen molar-refractivity contribution < 1.29 is 13.5 Å². The van der Waals surface area contributed by atoms with E-state index in [0.29, 0.717) is 0 Å². The molecular weight excluding hydrogens is 286 g/mol. The van der Waals surface area contributed by atoms with Crippen molar-refractivity contribution >= 4 is 16.1 Å². The summed E-state index contributed by atoms with van der Waals surface area (Å²) >= 11 is 0. The Labute approximate surface area is 123 Å². The molecule has 108 valence electrons. The number of benzene rings is 2. The summed E-state index contributed by atoms with van der Waals surface area (Å²) in [7, 11) is -3.66. The van der Waals surface area contributed by atoms with Crippen LogP contribution in [0.2, 0.25) is 0 Å². The molecule has 0 fully saturated rings. The van der Waals surface area contributed by atoms with Gasteiger partial charge in [0.1, 0.15) is 0 Å². The number of sulfonamides is 1. The molecular formula is C16H15NO3S. The number of aliphatic hydroxyl groups is 1. The number of hydrogen-bond acceptors (Lipinski definition) is 3. The first-order valence-corrected chi connectivity index (χ1v) is 8.09. The molecule has 0 saturated heterocycles. The molecule has 0 heterocycles. The van der Waals surface area contributed by atoms with Crippen LogP contribution in [0.4, 0.5) is 0 Å². The van der Waals surface area contributed by atoms with Gasteiger partial charge in [0.2, 0.25) is 10.0 Å². The lowest BCUT2D eigenvalue weighted by Crippen LogP contribution is -2.39. The molecule has 5 heteroatoms. The first-order chi connectivity index (χ1) is 10.1. The summed E-state index contributed by atoms with van der Waals surface area (Å²) in [5.74, 6) is 0. The highest BCUT2D eigenvalue weighted by Crippen LogP contribution is 2.28. The normalized spacial score (nSPS) is 21.0. The quantitative estimate of drug-likeness (QED) is 0.912. The van der Waals surface area contributed by atoms with E-state index in [2.05, 4.69) is 4.72 Å². The standard InChI is InChI=1S/C16H15NO3S/c18-16-14-9-5-4-6-12(14)10-11-15(16)17-21(19,20)13-7-2-1-3-8-13/h1-11,15-18H/t15-,16?/m0/s1. The molecule has 0 bridgehead atoms. The molecule has 0 amide bonds. The summed E-state index contributed by atoms with van der Waals surface area (Å²) in [6.07, 6.45) is 2.60. The number of rotatable bonds is 3. The van der Waals surface area contributed by atoms with Gasteiger partial charge in [-0.2, -0.15) is 0 Å². The van der Waals surface area contributed by atoms with Gasteiger partial charge in [-0.1, -0.05) is 54.6 Å². The molecule has 2 aromatic rings. The number of fused-ring (bicyclic) bond motifs is 1. The Morgan fingerprint density at radius 2 is 1.62 bits per heavy atom. The van der Waals surface area contributed by atoms with Gasteiger partial charge in [0.25, 0.3) is 0 Å². The summed E-state index contributed by atoms with van der Waals surface area (Å²) in [4.78, 5) is 0.185. The van der Waals surface area contributed by atoms with Crippen LogP contribution in [-0.4, -0.2) is 19.6 Å². The van der Waals surface area contributed by atoms with E-state index in [9.17, 15) is 13.5 Å². The van der Waals surface area contributed by atoms with E-state index in [1.54, 1.807) is 30.3 Å². The second-order valence-electron chi connectivity index (χ2n) is 4.89. The first kappa shape index (κ1) is 14.0. The van der Waals surface area contributed by atoms with Crippen LogP contribution < -0.4 is 4.72 Å². The molecule has 2 N–H and O–H groups in total. The van der Waals surface area contributed by atoms with Crippen LogP contribution in [0, 0.1) is 0 Å². The summed E-state index contributed by atoms with van der Waals surface area (Å²) in [5, 5.41) is 10.4. The third kappa shape index (κ3) is 2.76. The molecule has 4 nitrogen and oxygen atoms in total. The number of aliphatic hydroxyl groups excluding tert-OH is 1. The molecule has 2 aromatic carbocycles. The van der Waals surface area contributed by atoms with Crippen molar-refractivity contribution in [2.24, 2.45) is 0 Å². The fraction of sp³-hybridized carbons (Fsp3) is 0.125. The van der Waals surface area contributed by atoms with Crippen molar-refractivity contribution in [3.8, 4) is 0 Å². The topological polar surface area (TPSA) is 66.4 Å². The molecule has 1 unspecified atom stereocenters. The Kier molecular flexibility index (Phi) is 3.63. The van der Waals surface area contributed by atoms with Crippen molar-refractivity contribution in [1.29, 1.82) is 0 Å². The van der Waals surface area contributed by atoms with Crippen molar-refractivity contribution in [2.75, 3.05) is 0 Å². The first-order valence-electron chi connectivity index (χ1n) is 6.60. The number of nitrogens with one attached hydrogen (secondary N) is 1. The maximum Gasteiger partial charge on any atom is 0.241 e. The predicted octanol–water partition coefficient (Wildman–Crippen LogP) is 2.09. The van der Waals surface area contributed by atoms with Crippen LogP contribution in [0.15, 0.2) is 65.6 Å². The summed E-state index contributed by atoms with van der Waals surface area (Å²) in [6.45, 7) is 0. The zero-order valence-corrected chi connectivity index (χ0v) is 12.0. The maximum atomic E-state index is 12.3. The molecule has 21 heavy (non-hydrogen) atoms. The van der Waals surface area contributed by atoms with Gasteiger partial charge < -0.3 is 5.11 Å². The van der Waals surface area contributed by atoms with Gasteiger partial charge in [-0.3, -0.25) is 0 Å². The van der Waals surface area contributed by atoms with Crippen molar-refractivity contribution in [2.45, 2.75) is 17.0 Å². The summed E-state index contributed by atoms with van der Waals surface area (Å²) in [6, 6.07) is 14.8. The zero-order chi connectivity index (χ0) is 14.9. The molecule has 3 rings (SSSR count). The zero-order valence-electron chi connectivity index (χ0n) is 11.2. The molecule has 0 saturated carbocycles. The second kappa shape index (κ2) is 5.44. The van der Waals surface area contributed by atoms with Crippen LogP contribution in [0.25, 0.3) is 6.08 Å². The molecule has 0 aromatic heterocycles. The van der Waals surface area contributed by atoms with Gasteiger partial charge in [-0.25, -0.2) is 13.1 Å². The highest BCUT2D eigenvalue weighted by Gasteiger charge is 2.28. The molecule has 1 aliphatic rings. The van der Waals surface area contributed by atoms with Crippen molar-refractivity contribution in [3.63, 3.8) is 0 Å². The molecule has 1 aliphatic carbocycles. The fourth-order valence-corrected chi connectivity index (χ4v) is 3.61. The van der Waals surface area contributed by atoms with E-state index >= 15 is 0 Å². The monoisotopic (exact) mass is 301 g/mol. The summed E-state index contributed by atoms with van der Waals surface area (Å²) < 4.78 is 27.1. The molecule has 0 radical (unpaired) electrons. The van der Waals surface area contributed by atoms with E-state index < -0.39 is 22.2 Å². The third-order valence-electron chi connectivity index (χ3n) is 3.48. The van der Waals surface area contributed by atoms with Crippen LogP contribution in [-0.2, 0) is 10.0 Å². The Morgan fingerprint density at radius 3 is 2.38 bits per heavy atom. The highest BCUT2D eigenvalue weighted by atomic mass is 32.2. The third-order valence-corrected chi connectivity index (χ3v) is 4.96. The molecule has 0 aliphatic heterocycles. The maximum absolute atomic E-state index is 12.3. The van der Waals surface area contributed by atoms with Gasteiger partial charge in [-0.15, -0.1) is 0 Å². The molecule has 2 atom stereocenters. The predicted molar refractivity (Wildman–Crippen MR) is 81.0 cm³/mol. The largest absolute Gasteiger partial charge is 0.386 e. The van der Waals surface area contributed by atoms with Crippen LogP contribution in [0.1, 0.15) is 17.2 Å². The lowest BCUT2D eigenvalue weighted by Gasteiger charge is -2.26. The second-order valence-corrected chi connectivity index (χ2v) is 6.61. The smallest absolute Gasteiger partial charge is 0.241 e. The van der Waals surface area contributed by atoms with E-state index in [1.807, 2.05) is 24.3 Å². The average Bonchev–Trinajstić information content (AvgIpc) is 2.51. The van der Waals surface area contributed by atoms with Gasteiger partial charge in [0.15, 0.2) is 0 Å². The SMILES string of the molecule is O=S(=O)(N[C@H]1C=Cc2ccccc2C1O)c1ccccc1. The van der Waals surface area contributed by atoms with Gasteiger partial charge in [-0.05, 0) is 23.3 Å². The number of hydrogen-bond donors (Lipinski definition) is 2. The lowest BCUT2D eigenvalue weighted by atomic mass is 9.92. The minimum Gasteiger partial charge on any atom is -0.386 e. The Morgan fingerprint density at radius 1 is 0.952 bits per heavy atom. The van der Waals surface area contributed by atoms with Crippen LogP contribution in [0.5, 0.6) is 0 Å². The van der Waals surface area contributed by atoms with Gasteiger partial charge >= 0.3 is 0 Å². The minimum absolute atomic E-state index is 0.185. The Hall–Kier alpha value is -1.95. The van der Waals surface area contributed by atoms with E-state index in [-0.39, 0.29) is 4.90 Å². The lowest BCUT2D eigenvalue weighted by molar-refractivity contribution is 0.155. The van der Waals surface area contributed by atoms with Crippen molar-refractivity contribution in [1.82, 2.24) is 4.72 Å². The Bertz CT molecular complexity index is 769. The average molecular weight is 301 g/mol. The minimum atomic E-state index is -3.66. The van der Waals surface area contributed by atoms with Crippen LogP contribution >= 0.6 is 0 Å². The fourth-order valence-electron chi connectivity index (χ4n) is 2.39. The van der Waals surface area contributed by atoms with E-state index in [1.165, 1.54) is 12.1 Å². The van der Waals surface area contributed by atoms with E-state index in [4.69, 9.17) is 0 Å². The molecule has 0 spiro atoms. The highest BCUT2D eigenvalue weighted by molar-refractivity contribution is 7.89. The van der Waals surface area contributed by atoms with Crippen molar-refractivity contribution in [3.05, 3.63) is 71.8 Å².